The summed E-state index contributed by atoms with van der Waals surface area (Å²) in [5, 5.41) is 7.20. The largest absolute Gasteiger partial charge is 0.358 e. The second-order valence-corrected chi connectivity index (χ2v) is 3.56. The Bertz CT molecular complexity index is 150. The van der Waals surface area contributed by atoms with Crippen LogP contribution in [-0.2, 0) is 0 Å². The minimum atomic E-state index is 0.470. The van der Waals surface area contributed by atoms with Gasteiger partial charge in [0.25, 0.3) is 0 Å². The van der Waals surface area contributed by atoms with Crippen LogP contribution in [0.4, 0.5) is 0 Å². The molecule has 0 rings (SSSR count). The van der Waals surface area contributed by atoms with Crippen LogP contribution in [0.2, 0.25) is 0 Å². The van der Waals surface area contributed by atoms with Crippen molar-refractivity contribution < 1.29 is 0 Å². The average molecular weight is 169 g/mol. The number of rotatable bonds is 5. The van der Waals surface area contributed by atoms with E-state index in [1.165, 1.54) is 0 Å². The Hall–Kier alpha value is -0.860. The highest BCUT2D eigenvalue weighted by Crippen LogP contribution is 2.01. The maximum atomic E-state index is 3.76. The molecule has 3 nitrogen and oxygen atoms in total. The fourth-order valence-electron chi connectivity index (χ4n) is 0.916. The number of hydrogen-bond donors (Lipinski definition) is 0. The summed E-state index contributed by atoms with van der Waals surface area (Å²) in [5.41, 5.74) is 0. The van der Waals surface area contributed by atoms with Gasteiger partial charge in [-0.3, -0.25) is 0 Å². The van der Waals surface area contributed by atoms with Crippen molar-refractivity contribution in [2.45, 2.75) is 33.7 Å². The van der Waals surface area contributed by atoms with E-state index in [2.05, 4.69) is 49.5 Å². The van der Waals surface area contributed by atoms with E-state index in [4.69, 9.17) is 0 Å². The molecule has 0 saturated carbocycles. The van der Waals surface area contributed by atoms with Crippen LogP contribution in [0, 0.1) is 5.92 Å². The van der Waals surface area contributed by atoms with Gasteiger partial charge in [0.05, 0.1) is 0 Å². The molecule has 0 atom stereocenters. The standard InChI is InChI=1S/C9H19N3/c1-8(2)6-12(9(3)4)7-11-10-5/h7-9H,5-6H2,1-4H3/b11-7-. The maximum Gasteiger partial charge on any atom is 0.114 e. The van der Waals surface area contributed by atoms with Crippen molar-refractivity contribution in [1.82, 2.24) is 4.90 Å². The minimum absolute atomic E-state index is 0.470. The highest BCUT2D eigenvalue weighted by atomic mass is 15.3. The molecule has 0 unspecified atom stereocenters. The van der Waals surface area contributed by atoms with Crippen LogP contribution in [-0.4, -0.2) is 30.5 Å². The zero-order valence-electron chi connectivity index (χ0n) is 8.49. The maximum absolute atomic E-state index is 3.76. The van der Waals surface area contributed by atoms with Crippen LogP contribution in [0.15, 0.2) is 10.2 Å². The van der Waals surface area contributed by atoms with Crippen LogP contribution in [0.25, 0.3) is 0 Å². The molecule has 0 aliphatic carbocycles. The topological polar surface area (TPSA) is 28.0 Å². The minimum Gasteiger partial charge on any atom is -0.358 e. The van der Waals surface area contributed by atoms with Crippen molar-refractivity contribution >= 4 is 13.1 Å². The van der Waals surface area contributed by atoms with Gasteiger partial charge in [-0.25, -0.2) is 0 Å². The summed E-state index contributed by atoms with van der Waals surface area (Å²) in [6.07, 6.45) is 1.75. The summed E-state index contributed by atoms with van der Waals surface area (Å²) in [6.45, 7) is 13.0. The van der Waals surface area contributed by atoms with Gasteiger partial charge in [-0.1, -0.05) is 13.8 Å². The van der Waals surface area contributed by atoms with E-state index in [1.807, 2.05) is 0 Å². The Kier molecular flexibility index (Phi) is 5.34. The quantitative estimate of drug-likeness (QED) is 0.351. The van der Waals surface area contributed by atoms with Crippen molar-refractivity contribution in [3.63, 3.8) is 0 Å². The van der Waals surface area contributed by atoms with Crippen LogP contribution in [0.3, 0.4) is 0 Å². The molecule has 0 aromatic rings. The molecule has 0 heterocycles. The van der Waals surface area contributed by atoms with Crippen molar-refractivity contribution in [3.8, 4) is 0 Å². The lowest BCUT2D eigenvalue weighted by Gasteiger charge is -2.25. The predicted octanol–water partition coefficient (Wildman–Crippen LogP) is 2.00. The molecule has 0 aromatic heterocycles. The summed E-state index contributed by atoms with van der Waals surface area (Å²) >= 11 is 0. The molecule has 3 heteroatoms. The molecule has 0 N–H and O–H groups in total. The van der Waals surface area contributed by atoms with Gasteiger partial charge >= 0.3 is 0 Å². The highest BCUT2D eigenvalue weighted by Gasteiger charge is 2.06. The zero-order valence-corrected chi connectivity index (χ0v) is 8.49. The predicted molar refractivity (Wildman–Crippen MR) is 54.7 cm³/mol. The van der Waals surface area contributed by atoms with E-state index in [0.717, 1.165) is 6.54 Å². The second kappa shape index (κ2) is 5.75. The molecule has 0 aliphatic rings. The Morgan fingerprint density at radius 1 is 1.33 bits per heavy atom. The average Bonchev–Trinajstić information content (AvgIpc) is 1.96. The molecule has 12 heavy (non-hydrogen) atoms. The summed E-state index contributed by atoms with van der Waals surface area (Å²) in [7, 11) is 0. The molecular formula is C9H19N3. The number of hydrogen-bond acceptors (Lipinski definition) is 2. The van der Waals surface area contributed by atoms with Crippen molar-refractivity contribution in [1.29, 1.82) is 0 Å². The molecule has 0 aromatic carbocycles. The fourth-order valence-corrected chi connectivity index (χ4v) is 0.916. The van der Waals surface area contributed by atoms with E-state index in [1.54, 1.807) is 6.34 Å². The molecule has 70 valence electrons. The first-order chi connectivity index (χ1) is 5.57. The molecule has 0 aliphatic heterocycles. The first-order valence-corrected chi connectivity index (χ1v) is 4.32. The Labute approximate surface area is 75.2 Å². The second-order valence-electron chi connectivity index (χ2n) is 3.56. The Balaban J connectivity index is 4.03. The number of nitrogens with zero attached hydrogens (tertiary/aromatic N) is 3. The molecule has 0 amide bonds. The molecule has 0 radical (unpaired) electrons. The summed E-state index contributed by atoms with van der Waals surface area (Å²) < 4.78 is 0. The lowest BCUT2D eigenvalue weighted by atomic mass is 10.2. The van der Waals surface area contributed by atoms with E-state index in [0.29, 0.717) is 12.0 Å². The lowest BCUT2D eigenvalue weighted by Crippen LogP contribution is -2.32. The van der Waals surface area contributed by atoms with Crippen molar-refractivity contribution in [2.75, 3.05) is 6.54 Å². The van der Waals surface area contributed by atoms with E-state index in [-0.39, 0.29) is 0 Å². The zero-order chi connectivity index (χ0) is 9.56. The van der Waals surface area contributed by atoms with Crippen molar-refractivity contribution in [2.24, 2.45) is 16.1 Å². The summed E-state index contributed by atoms with van der Waals surface area (Å²) in [6, 6.07) is 0.470. The molecule has 0 fully saturated rings. The van der Waals surface area contributed by atoms with E-state index in [9.17, 15) is 0 Å². The first kappa shape index (κ1) is 11.1. The summed E-state index contributed by atoms with van der Waals surface area (Å²) in [4.78, 5) is 2.15. The van der Waals surface area contributed by atoms with E-state index < -0.39 is 0 Å². The van der Waals surface area contributed by atoms with Crippen LogP contribution in [0.5, 0.6) is 0 Å². The Morgan fingerprint density at radius 3 is 2.25 bits per heavy atom. The molecule has 0 saturated heterocycles. The third-order valence-corrected chi connectivity index (χ3v) is 1.52. The van der Waals surface area contributed by atoms with Crippen LogP contribution in [0.1, 0.15) is 27.7 Å². The van der Waals surface area contributed by atoms with Gasteiger partial charge in [0.15, 0.2) is 0 Å². The van der Waals surface area contributed by atoms with Gasteiger partial charge in [0.1, 0.15) is 6.34 Å². The summed E-state index contributed by atoms with van der Waals surface area (Å²) in [5.74, 6) is 0.642. The van der Waals surface area contributed by atoms with Gasteiger partial charge in [0, 0.05) is 19.3 Å². The van der Waals surface area contributed by atoms with Crippen LogP contribution >= 0.6 is 0 Å². The Morgan fingerprint density at radius 2 is 1.92 bits per heavy atom. The van der Waals surface area contributed by atoms with Gasteiger partial charge in [-0.15, -0.1) is 5.10 Å². The van der Waals surface area contributed by atoms with Crippen LogP contribution < -0.4 is 0 Å². The lowest BCUT2D eigenvalue weighted by molar-refractivity contribution is 0.319. The third-order valence-electron chi connectivity index (χ3n) is 1.52. The monoisotopic (exact) mass is 169 g/mol. The highest BCUT2D eigenvalue weighted by molar-refractivity contribution is 5.55. The first-order valence-electron chi connectivity index (χ1n) is 4.32. The normalized spacial score (nSPS) is 11.5. The molecule has 0 bridgehead atoms. The smallest absolute Gasteiger partial charge is 0.114 e. The third kappa shape index (κ3) is 4.88. The van der Waals surface area contributed by atoms with E-state index >= 15 is 0 Å². The SMILES string of the molecule is C=N/N=C\N(CC(C)C)C(C)C. The molecular weight excluding hydrogens is 150 g/mol. The van der Waals surface area contributed by atoms with Gasteiger partial charge in [-0.05, 0) is 19.8 Å². The van der Waals surface area contributed by atoms with Gasteiger partial charge in [-0.2, -0.15) is 5.10 Å². The van der Waals surface area contributed by atoms with Gasteiger partial charge < -0.3 is 4.90 Å². The molecule has 0 spiro atoms. The van der Waals surface area contributed by atoms with Crippen molar-refractivity contribution in [3.05, 3.63) is 0 Å². The van der Waals surface area contributed by atoms with Gasteiger partial charge in [0.2, 0.25) is 0 Å². The fraction of sp³-hybridized carbons (Fsp3) is 0.778.